The number of thiocarbonyl (C=S) groups is 1. The van der Waals surface area contributed by atoms with Gasteiger partial charge in [0.1, 0.15) is 5.75 Å². The summed E-state index contributed by atoms with van der Waals surface area (Å²) in [6.45, 7) is 4.33. The van der Waals surface area contributed by atoms with E-state index >= 15 is 0 Å². The number of nitrogens with zero attached hydrogens (tertiary/aromatic N) is 3. The number of para-hydroxylation sites is 2. The molecule has 4 aromatic rings. The fourth-order valence-electron chi connectivity index (χ4n) is 5.10. The molecule has 0 spiro atoms. The van der Waals surface area contributed by atoms with Crippen LogP contribution < -0.4 is 19.7 Å². The van der Waals surface area contributed by atoms with Crippen molar-refractivity contribution in [3.05, 3.63) is 95.6 Å². The van der Waals surface area contributed by atoms with Gasteiger partial charge in [-0.05, 0) is 74.1 Å². The zero-order chi connectivity index (χ0) is 24.1. The smallest absolute Gasteiger partial charge is 0.231 e. The minimum absolute atomic E-state index is 0.174. The fraction of sp³-hybridized carbons (Fsp3) is 0.185. The summed E-state index contributed by atoms with van der Waals surface area (Å²) in [6, 6.07) is 21.0. The Balaban J connectivity index is 1.52. The van der Waals surface area contributed by atoms with Gasteiger partial charge in [-0.15, -0.1) is 0 Å². The number of benzene rings is 2. The van der Waals surface area contributed by atoms with Crippen molar-refractivity contribution in [3.63, 3.8) is 0 Å². The zero-order valence-electron chi connectivity index (χ0n) is 19.3. The first-order valence-electron chi connectivity index (χ1n) is 11.4. The van der Waals surface area contributed by atoms with Gasteiger partial charge in [-0.3, -0.25) is 4.98 Å². The van der Waals surface area contributed by atoms with Crippen LogP contribution in [0.3, 0.4) is 0 Å². The molecule has 1 fully saturated rings. The van der Waals surface area contributed by atoms with Crippen LogP contribution in [-0.4, -0.2) is 26.6 Å². The Morgan fingerprint density at radius 2 is 1.80 bits per heavy atom. The van der Waals surface area contributed by atoms with E-state index in [4.69, 9.17) is 21.7 Å². The third-order valence-electron chi connectivity index (χ3n) is 6.64. The SMILES string of the molecule is Cc1cc([C@H]2[C@H](c3ccccn3)NC(=S)N2c2ccc3c(c2)OCO3)c(C)n1-c1ccccc1O. The molecule has 7 nitrogen and oxygen atoms in total. The lowest BCUT2D eigenvalue weighted by Gasteiger charge is -2.28. The number of hydrogen-bond acceptors (Lipinski definition) is 5. The molecule has 35 heavy (non-hydrogen) atoms. The molecular weight excluding hydrogens is 460 g/mol. The molecule has 6 rings (SSSR count). The predicted octanol–water partition coefficient (Wildman–Crippen LogP) is 5.10. The van der Waals surface area contributed by atoms with Crippen LogP contribution in [-0.2, 0) is 0 Å². The number of anilines is 1. The zero-order valence-corrected chi connectivity index (χ0v) is 20.1. The molecule has 0 radical (unpaired) electrons. The van der Waals surface area contributed by atoms with Crippen LogP contribution >= 0.6 is 12.2 Å². The van der Waals surface area contributed by atoms with Gasteiger partial charge in [-0.2, -0.15) is 0 Å². The maximum Gasteiger partial charge on any atom is 0.231 e. The van der Waals surface area contributed by atoms with E-state index in [1.165, 1.54) is 0 Å². The number of phenols is 1. The first kappa shape index (κ1) is 21.5. The number of aromatic hydroxyl groups is 1. The summed E-state index contributed by atoms with van der Waals surface area (Å²) < 4.78 is 13.2. The number of rotatable bonds is 4. The van der Waals surface area contributed by atoms with E-state index in [2.05, 4.69) is 32.8 Å². The average Bonchev–Trinajstić information content (AvgIpc) is 3.55. The van der Waals surface area contributed by atoms with Crippen molar-refractivity contribution >= 4 is 23.0 Å². The van der Waals surface area contributed by atoms with Crippen molar-refractivity contribution in [2.24, 2.45) is 0 Å². The molecule has 2 N–H and O–H groups in total. The molecule has 0 aliphatic carbocycles. The van der Waals surface area contributed by atoms with E-state index in [1.807, 2.05) is 61.5 Å². The number of nitrogens with one attached hydrogen (secondary N) is 1. The minimum Gasteiger partial charge on any atom is -0.506 e. The highest BCUT2D eigenvalue weighted by atomic mass is 32.1. The highest BCUT2D eigenvalue weighted by molar-refractivity contribution is 7.80. The molecule has 4 heterocycles. The van der Waals surface area contributed by atoms with Crippen LogP contribution in [0.15, 0.2) is 72.9 Å². The largest absolute Gasteiger partial charge is 0.506 e. The minimum atomic E-state index is -0.177. The summed E-state index contributed by atoms with van der Waals surface area (Å²) in [6.07, 6.45) is 1.80. The van der Waals surface area contributed by atoms with E-state index in [0.717, 1.165) is 39.8 Å². The van der Waals surface area contributed by atoms with Crippen LogP contribution in [0.4, 0.5) is 5.69 Å². The van der Waals surface area contributed by atoms with Gasteiger partial charge in [-0.1, -0.05) is 18.2 Å². The van der Waals surface area contributed by atoms with E-state index < -0.39 is 0 Å². The number of pyridine rings is 1. The number of aromatic nitrogens is 2. The Hall–Kier alpha value is -4.04. The fourth-order valence-corrected chi connectivity index (χ4v) is 5.44. The normalized spacial score (nSPS) is 18.7. The Bertz CT molecular complexity index is 1440. The van der Waals surface area contributed by atoms with Crippen LogP contribution in [0.1, 0.15) is 34.7 Å². The van der Waals surface area contributed by atoms with Gasteiger partial charge >= 0.3 is 0 Å². The number of phenolic OH excluding ortho intramolecular Hbond substituents is 1. The molecule has 176 valence electrons. The van der Waals surface area contributed by atoms with Gasteiger partial charge in [-0.25, -0.2) is 0 Å². The summed E-state index contributed by atoms with van der Waals surface area (Å²) in [5.74, 6) is 1.65. The number of ether oxygens (including phenoxy) is 2. The molecule has 8 heteroatoms. The lowest BCUT2D eigenvalue weighted by molar-refractivity contribution is 0.174. The molecule has 2 aliphatic heterocycles. The van der Waals surface area contributed by atoms with Crippen molar-refractivity contribution in [2.45, 2.75) is 25.9 Å². The molecule has 1 saturated heterocycles. The van der Waals surface area contributed by atoms with E-state index in [1.54, 1.807) is 12.3 Å². The van der Waals surface area contributed by atoms with Gasteiger partial charge in [0, 0.05) is 29.3 Å². The molecular formula is C27H24N4O3S. The van der Waals surface area contributed by atoms with Gasteiger partial charge < -0.3 is 29.4 Å². The van der Waals surface area contributed by atoms with Crippen LogP contribution in [0.25, 0.3) is 5.69 Å². The second-order valence-corrected chi connectivity index (χ2v) is 9.07. The van der Waals surface area contributed by atoms with Crippen molar-refractivity contribution in [3.8, 4) is 22.9 Å². The van der Waals surface area contributed by atoms with Crippen molar-refractivity contribution in [1.82, 2.24) is 14.9 Å². The molecule has 0 saturated carbocycles. The van der Waals surface area contributed by atoms with Crippen molar-refractivity contribution < 1.29 is 14.6 Å². The summed E-state index contributed by atoms with van der Waals surface area (Å²) >= 11 is 5.87. The average molecular weight is 485 g/mol. The Kier molecular flexibility index (Phi) is 5.11. The lowest BCUT2D eigenvalue weighted by atomic mass is 9.96. The molecule has 2 aliphatic rings. The van der Waals surface area contributed by atoms with E-state index in [-0.39, 0.29) is 24.6 Å². The van der Waals surface area contributed by atoms with Crippen LogP contribution in [0.5, 0.6) is 17.2 Å². The summed E-state index contributed by atoms with van der Waals surface area (Å²) in [5.41, 5.74) is 5.67. The number of fused-ring (bicyclic) bond motifs is 1. The van der Waals surface area contributed by atoms with E-state index in [9.17, 15) is 5.11 Å². The summed E-state index contributed by atoms with van der Waals surface area (Å²) in [4.78, 5) is 6.77. The van der Waals surface area contributed by atoms with Crippen molar-refractivity contribution in [2.75, 3.05) is 11.7 Å². The maximum atomic E-state index is 10.6. The Morgan fingerprint density at radius 3 is 2.60 bits per heavy atom. The Labute approximate surface area is 208 Å². The highest BCUT2D eigenvalue weighted by Gasteiger charge is 2.42. The van der Waals surface area contributed by atoms with E-state index in [0.29, 0.717) is 10.9 Å². The lowest BCUT2D eigenvalue weighted by Crippen LogP contribution is -2.29. The predicted molar refractivity (Wildman–Crippen MR) is 137 cm³/mol. The maximum absolute atomic E-state index is 10.6. The molecule has 2 atom stereocenters. The second-order valence-electron chi connectivity index (χ2n) is 8.68. The topological polar surface area (TPSA) is 71.8 Å². The number of aryl methyl sites for hydroxylation is 1. The monoisotopic (exact) mass is 484 g/mol. The standard InChI is InChI=1S/C27H24N4O3S/c1-16-13-19(17(2)30(16)21-8-3-4-9-22(21)32)26-25(20-7-5-6-12-28-20)29-27(35)31(26)18-10-11-23-24(14-18)34-15-33-23/h3-14,25-26,32H,15H2,1-2H3,(H,29,35)/t25-,26-/m0/s1. The molecule has 0 unspecified atom stereocenters. The molecule has 0 bridgehead atoms. The van der Waals surface area contributed by atoms with Gasteiger partial charge in [0.05, 0.1) is 23.5 Å². The van der Waals surface area contributed by atoms with Crippen LogP contribution in [0, 0.1) is 13.8 Å². The van der Waals surface area contributed by atoms with Gasteiger partial charge in [0.15, 0.2) is 16.6 Å². The summed E-state index contributed by atoms with van der Waals surface area (Å²) in [7, 11) is 0. The summed E-state index contributed by atoms with van der Waals surface area (Å²) in [5, 5.41) is 14.7. The third kappa shape index (κ3) is 3.49. The first-order valence-corrected chi connectivity index (χ1v) is 11.8. The first-order chi connectivity index (χ1) is 17.0. The number of hydrogen-bond donors (Lipinski definition) is 2. The molecule has 0 amide bonds. The third-order valence-corrected chi connectivity index (χ3v) is 6.96. The van der Waals surface area contributed by atoms with Crippen LogP contribution in [0.2, 0.25) is 0 Å². The van der Waals surface area contributed by atoms with Crippen molar-refractivity contribution in [1.29, 1.82) is 0 Å². The quantitative estimate of drug-likeness (QED) is 0.391. The van der Waals surface area contributed by atoms with Gasteiger partial charge in [0.2, 0.25) is 6.79 Å². The highest BCUT2D eigenvalue weighted by Crippen LogP contribution is 2.46. The molecule has 2 aromatic carbocycles. The Morgan fingerprint density at radius 1 is 1.00 bits per heavy atom. The van der Waals surface area contributed by atoms with Gasteiger partial charge in [0.25, 0.3) is 0 Å². The molecule has 2 aromatic heterocycles. The second kappa shape index (κ2) is 8.32.